The van der Waals surface area contributed by atoms with Crippen molar-refractivity contribution in [2.75, 3.05) is 25.5 Å². The van der Waals surface area contributed by atoms with Crippen LogP contribution in [-0.2, 0) is 4.79 Å². The van der Waals surface area contributed by atoms with E-state index in [-0.39, 0.29) is 11.9 Å². The van der Waals surface area contributed by atoms with Gasteiger partial charge >= 0.3 is 0 Å². The molecular formula is C24H26N4O3S. The normalized spacial score (nSPS) is 17.6. The number of hydrogen-bond donors (Lipinski definition) is 0. The van der Waals surface area contributed by atoms with Crippen LogP contribution in [0.15, 0.2) is 47.6 Å². The van der Waals surface area contributed by atoms with E-state index >= 15 is 0 Å². The van der Waals surface area contributed by atoms with Gasteiger partial charge in [0.25, 0.3) is 0 Å². The van der Waals surface area contributed by atoms with Gasteiger partial charge in [-0.1, -0.05) is 30.0 Å². The van der Waals surface area contributed by atoms with Crippen LogP contribution in [0.3, 0.4) is 0 Å². The van der Waals surface area contributed by atoms with E-state index in [1.807, 2.05) is 40.7 Å². The highest BCUT2D eigenvalue weighted by atomic mass is 32.2. The van der Waals surface area contributed by atoms with Crippen molar-refractivity contribution in [3.05, 3.63) is 59.4 Å². The quantitative estimate of drug-likeness (QED) is 0.545. The molecule has 1 amide bonds. The molecule has 0 saturated carbocycles. The molecule has 2 aliphatic rings. The van der Waals surface area contributed by atoms with Crippen LogP contribution in [0.5, 0.6) is 11.5 Å². The lowest BCUT2D eigenvalue weighted by Crippen LogP contribution is -2.32. The number of fused-ring (bicyclic) bond motifs is 1. The number of amides is 1. The van der Waals surface area contributed by atoms with E-state index in [1.54, 1.807) is 0 Å². The molecule has 0 radical (unpaired) electrons. The molecule has 1 aromatic heterocycles. The van der Waals surface area contributed by atoms with Crippen LogP contribution in [0.25, 0.3) is 5.69 Å². The van der Waals surface area contributed by atoms with Gasteiger partial charge in [0.15, 0.2) is 16.7 Å². The number of aromatic nitrogens is 3. The van der Waals surface area contributed by atoms with E-state index in [2.05, 4.69) is 35.3 Å². The van der Waals surface area contributed by atoms with Crippen molar-refractivity contribution in [2.24, 2.45) is 0 Å². The van der Waals surface area contributed by atoms with E-state index in [9.17, 15) is 4.79 Å². The van der Waals surface area contributed by atoms with Gasteiger partial charge < -0.3 is 14.4 Å². The fourth-order valence-corrected chi connectivity index (χ4v) is 5.27. The number of ether oxygens (including phenoxy) is 2. The van der Waals surface area contributed by atoms with Crippen molar-refractivity contribution in [3.63, 3.8) is 0 Å². The fraction of sp³-hybridized carbons (Fsp3) is 0.375. The summed E-state index contributed by atoms with van der Waals surface area (Å²) in [6, 6.07) is 14.3. The summed E-state index contributed by atoms with van der Waals surface area (Å²) in [6.07, 6.45) is 1.95. The van der Waals surface area contributed by atoms with Gasteiger partial charge in [0.05, 0.1) is 11.8 Å². The molecule has 1 atom stereocenters. The molecule has 5 rings (SSSR count). The van der Waals surface area contributed by atoms with E-state index in [1.165, 1.54) is 17.3 Å². The van der Waals surface area contributed by atoms with E-state index in [0.717, 1.165) is 53.1 Å². The average Bonchev–Trinajstić information content (AvgIpc) is 3.44. The summed E-state index contributed by atoms with van der Waals surface area (Å²) in [7, 11) is 0. The Balaban J connectivity index is 1.31. The van der Waals surface area contributed by atoms with Gasteiger partial charge in [-0.25, -0.2) is 0 Å². The molecule has 8 heteroatoms. The van der Waals surface area contributed by atoms with Crippen LogP contribution >= 0.6 is 11.8 Å². The van der Waals surface area contributed by atoms with Crippen LogP contribution in [0.1, 0.15) is 35.8 Å². The molecule has 2 aliphatic heterocycles. The van der Waals surface area contributed by atoms with Crippen molar-refractivity contribution in [1.29, 1.82) is 0 Å². The molecule has 0 aliphatic carbocycles. The van der Waals surface area contributed by atoms with Crippen molar-refractivity contribution in [1.82, 2.24) is 19.7 Å². The zero-order valence-corrected chi connectivity index (χ0v) is 19.1. The Morgan fingerprint density at radius 1 is 1.09 bits per heavy atom. The van der Waals surface area contributed by atoms with Crippen LogP contribution in [0.4, 0.5) is 0 Å². The topological polar surface area (TPSA) is 69.5 Å². The molecule has 0 spiro atoms. The van der Waals surface area contributed by atoms with Gasteiger partial charge in [-0.05, 0) is 62.1 Å². The van der Waals surface area contributed by atoms with Gasteiger partial charge in [0.1, 0.15) is 19.0 Å². The summed E-state index contributed by atoms with van der Waals surface area (Å²) < 4.78 is 13.4. The predicted octanol–water partition coefficient (Wildman–Crippen LogP) is 4.11. The summed E-state index contributed by atoms with van der Waals surface area (Å²) in [5, 5.41) is 9.30. The highest BCUT2D eigenvalue weighted by Gasteiger charge is 2.31. The lowest BCUT2D eigenvalue weighted by molar-refractivity contribution is -0.129. The maximum absolute atomic E-state index is 13.2. The molecule has 1 fully saturated rings. The lowest BCUT2D eigenvalue weighted by Gasteiger charge is -2.26. The highest BCUT2D eigenvalue weighted by molar-refractivity contribution is 7.99. The SMILES string of the molecule is Cc1cccc(-n2c(C)nnc2SCC(=O)N2CCC[C@H]2c2ccc3c(c2)OCCO3)c1. The minimum Gasteiger partial charge on any atom is -0.486 e. The highest BCUT2D eigenvalue weighted by Crippen LogP contribution is 2.38. The number of carbonyl (C=O) groups excluding carboxylic acids is 1. The van der Waals surface area contributed by atoms with Crippen molar-refractivity contribution in [3.8, 4) is 17.2 Å². The van der Waals surface area contributed by atoms with Gasteiger partial charge in [-0.3, -0.25) is 9.36 Å². The number of benzene rings is 2. The van der Waals surface area contributed by atoms with Crippen LogP contribution < -0.4 is 9.47 Å². The number of thioether (sulfide) groups is 1. The molecule has 3 heterocycles. The number of aryl methyl sites for hydroxylation is 2. The summed E-state index contributed by atoms with van der Waals surface area (Å²) >= 11 is 1.44. The van der Waals surface area contributed by atoms with Gasteiger partial charge in [-0.2, -0.15) is 0 Å². The molecule has 1 saturated heterocycles. The first-order valence-electron chi connectivity index (χ1n) is 10.9. The fourth-order valence-electron chi connectivity index (χ4n) is 4.39. The number of hydrogen-bond acceptors (Lipinski definition) is 6. The molecule has 166 valence electrons. The minimum atomic E-state index is 0.0651. The summed E-state index contributed by atoms with van der Waals surface area (Å²) in [5.74, 6) is 2.79. The second-order valence-electron chi connectivity index (χ2n) is 8.14. The zero-order chi connectivity index (χ0) is 22.1. The third kappa shape index (κ3) is 4.07. The second kappa shape index (κ2) is 8.86. The maximum Gasteiger partial charge on any atom is 0.233 e. The largest absolute Gasteiger partial charge is 0.486 e. The third-order valence-corrected chi connectivity index (χ3v) is 6.82. The summed E-state index contributed by atoms with van der Waals surface area (Å²) in [5.41, 5.74) is 3.28. The first-order chi connectivity index (χ1) is 15.6. The minimum absolute atomic E-state index is 0.0651. The van der Waals surface area contributed by atoms with E-state index in [4.69, 9.17) is 9.47 Å². The Kier molecular flexibility index (Phi) is 5.78. The predicted molar refractivity (Wildman–Crippen MR) is 123 cm³/mol. The first kappa shape index (κ1) is 20.9. The van der Waals surface area contributed by atoms with Gasteiger partial charge in [0.2, 0.25) is 5.91 Å². The lowest BCUT2D eigenvalue weighted by atomic mass is 10.0. The molecule has 0 N–H and O–H groups in total. The van der Waals surface area contributed by atoms with Gasteiger partial charge in [0, 0.05) is 12.2 Å². The average molecular weight is 451 g/mol. The number of rotatable bonds is 5. The Labute approximate surface area is 191 Å². The third-order valence-electron chi connectivity index (χ3n) is 5.90. The van der Waals surface area contributed by atoms with Crippen molar-refractivity contribution in [2.45, 2.75) is 37.9 Å². The maximum atomic E-state index is 13.2. The smallest absolute Gasteiger partial charge is 0.233 e. The van der Waals surface area contributed by atoms with Crippen LogP contribution in [0.2, 0.25) is 0 Å². The Morgan fingerprint density at radius 2 is 1.94 bits per heavy atom. The van der Waals surface area contributed by atoms with E-state index in [0.29, 0.717) is 19.0 Å². The van der Waals surface area contributed by atoms with Crippen LogP contribution in [0, 0.1) is 13.8 Å². The Morgan fingerprint density at radius 3 is 2.78 bits per heavy atom. The van der Waals surface area contributed by atoms with E-state index < -0.39 is 0 Å². The summed E-state index contributed by atoms with van der Waals surface area (Å²) in [6.45, 7) is 5.89. The summed E-state index contributed by atoms with van der Waals surface area (Å²) in [4.78, 5) is 15.2. The van der Waals surface area contributed by atoms with Crippen molar-refractivity contribution >= 4 is 17.7 Å². The molecule has 7 nitrogen and oxygen atoms in total. The van der Waals surface area contributed by atoms with Gasteiger partial charge in [-0.15, -0.1) is 10.2 Å². The number of nitrogens with zero attached hydrogens (tertiary/aromatic N) is 4. The Bertz CT molecular complexity index is 1150. The zero-order valence-electron chi connectivity index (χ0n) is 18.3. The monoisotopic (exact) mass is 450 g/mol. The molecule has 3 aromatic rings. The van der Waals surface area contributed by atoms with Crippen molar-refractivity contribution < 1.29 is 14.3 Å². The molecular weight excluding hydrogens is 424 g/mol. The number of carbonyl (C=O) groups is 1. The molecule has 0 unspecified atom stereocenters. The molecule has 32 heavy (non-hydrogen) atoms. The standard InChI is InChI=1S/C24H26N4O3S/c1-16-5-3-6-19(13-16)28-17(2)25-26-24(28)32-15-23(29)27-10-4-7-20(27)18-8-9-21-22(14-18)31-12-11-30-21/h3,5-6,8-9,13-14,20H,4,7,10-12,15H2,1-2H3/t20-/m0/s1. The second-order valence-corrected chi connectivity index (χ2v) is 9.08. The Hall–Kier alpha value is -3.00. The molecule has 2 aromatic carbocycles. The molecule has 0 bridgehead atoms. The first-order valence-corrected chi connectivity index (χ1v) is 11.9. The van der Waals surface area contributed by atoms with Crippen LogP contribution in [-0.4, -0.2) is 51.1 Å². The number of likely N-dealkylation sites (tertiary alicyclic amines) is 1.